The van der Waals surface area contributed by atoms with E-state index in [1.54, 1.807) is 12.1 Å². The topological polar surface area (TPSA) is 118 Å². The van der Waals surface area contributed by atoms with Gasteiger partial charge in [0, 0.05) is 22.5 Å². The summed E-state index contributed by atoms with van der Waals surface area (Å²) in [4.78, 5) is 22.4. The normalized spacial score (nSPS) is 11.2. The summed E-state index contributed by atoms with van der Waals surface area (Å²) >= 11 is 4.05. The zero-order chi connectivity index (χ0) is 18.8. The van der Waals surface area contributed by atoms with Gasteiger partial charge in [-0.05, 0) is 30.7 Å². The number of nitro groups is 1. The fourth-order valence-corrected chi connectivity index (χ4v) is 4.34. The van der Waals surface area contributed by atoms with Gasteiger partial charge in [0.05, 0.1) is 11.5 Å². The van der Waals surface area contributed by atoms with E-state index in [4.69, 9.17) is 0 Å². The Labute approximate surface area is 156 Å². The molecule has 0 aliphatic rings. The molecule has 0 saturated carbocycles. The molecule has 0 radical (unpaired) electrons. The highest BCUT2D eigenvalue weighted by molar-refractivity contribution is 9.10. The predicted octanol–water partition coefficient (Wildman–Crippen LogP) is 3.18. The minimum atomic E-state index is -3.57. The largest absolute Gasteiger partial charge is 0.362 e. The molecule has 0 aliphatic carbocycles. The molecular formula is C14H14BrN3O5S2. The Morgan fingerprint density at radius 2 is 2.04 bits per heavy atom. The second-order valence-electron chi connectivity index (χ2n) is 5.17. The van der Waals surface area contributed by atoms with Gasteiger partial charge < -0.3 is 10.6 Å². The van der Waals surface area contributed by atoms with Gasteiger partial charge in [-0.1, -0.05) is 27.3 Å². The Bertz CT molecular complexity index is 940. The molecule has 1 aromatic carbocycles. The lowest BCUT2D eigenvalue weighted by Crippen LogP contribution is -2.22. The number of carbonyl (C=O) groups is 1. The first kappa shape index (κ1) is 19.3. The van der Waals surface area contributed by atoms with E-state index in [1.165, 1.54) is 0 Å². The fourth-order valence-electron chi connectivity index (χ4n) is 1.93. The highest BCUT2D eigenvalue weighted by Crippen LogP contribution is 2.36. The van der Waals surface area contributed by atoms with Crippen LogP contribution in [0.5, 0.6) is 0 Å². The first-order valence-electron chi connectivity index (χ1n) is 6.86. The second-order valence-corrected chi connectivity index (χ2v) is 9.38. The number of rotatable bonds is 6. The van der Waals surface area contributed by atoms with Crippen LogP contribution in [0.3, 0.4) is 0 Å². The maximum absolute atomic E-state index is 12.0. The van der Waals surface area contributed by atoms with Crippen LogP contribution in [-0.4, -0.2) is 32.0 Å². The molecule has 0 unspecified atom stereocenters. The van der Waals surface area contributed by atoms with E-state index in [-0.39, 0.29) is 21.4 Å². The van der Waals surface area contributed by atoms with E-state index in [0.717, 1.165) is 33.7 Å². The zero-order valence-corrected chi connectivity index (χ0v) is 16.4. The molecule has 2 rings (SSSR count). The molecule has 1 amide bonds. The van der Waals surface area contributed by atoms with Crippen LogP contribution in [0.2, 0.25) is 0 Å². The number of hydrogen-bond donors (Lipinski definition) is 2. The lowest BCUT2D eigenvalue weighted by Gasteiger charge is -2.09. The van der Waals surface area contributed by atoms with Gasteiger partial charge in [-0.3, -0.25) is 14.9 Å². The summed E-state index contributed by atoms with van der Waals surface area (Å²) in [6.45, 7) is 1.59. The number of benzene rings is 1. The lowest BCUT2D eigenvalue weighted by molar-refractivity contribution is -0.383. The van der Waals surface area contributed by atoms with Gasteiger partial charge in [0.1, 0.15) is 4.21 Å². The van der Waals surface area contributed by atoms with E-state index in [2.05, 4.69) is 26.6 Å². The molecule has 0 spiro atoms. The van der Waals surface area contributed by atoms with Crippen molar-refractivity contribution >= 4 is 59.4 Å². The minimum Gasteiger partial charge on any atom is -0.362 e. The minimum absolute atomic E-state index is 0.0214. The number of aryl methyl sites for hydroxylation is 1. The van der Waals surface area contributed by atoms with Crippen molar-refractivity contribution in [2.24, 2.45) is 0 Å². The van der Waals surface area contributed by atoms with Crippen molar-refractivity contribution in [2.75, 3.05) is 23.4 Å². The molecule has 11 heteroatoms. The molecule has 0 saturated heterocycles. The van der Waals surface area contributed by atoms with Crippen molar-refractivity contribution in [3.05, 3.63) is 44.4 Å². The predicted molar refractivity (Wildman–Crippen MR) is 100 cm³/mol. The lowest BCUT2D eigenvalue weighted by atomic mass is 10.2. The highest BCUT2D eigenvalue weighted by atomic mass is 79.9. The number of hydrogen-bond acceptors (Lipinski definition) is 7. The highest BCUT2D eigenvalue weighted by Gasteiger charge is 2.24. The third kappa shape index (κ3) is 5.00. The summed E-state index contributed by atoms with van der Waals surface area (Å²) in [6.07, 6.45) is 0.968. The quantitative estimate of drug-likeness (QED) is 0.518. The molecule has 0 atom stereocenters. The molecule has 2 N–H and O–H groups in total. The SMILES string of the molecule is Cc1cc(Br)ccc1NC(=O)CNc1sc(S(C)(=O)=O)cc1[N+](=O)[O-]. The Morgan fingerprint density at radius 1 is 1.36 bits per heavy atom. The number of nitrogens with one attached hydrogen (secondary N) is 2. The summed E-state index contributed by atoms with van der Waals surface area (Å²) in [5.41, 5.74) is 1.09. The van der Waals surface area contributed by atoms with Gasteiger partial charge in [-0.2, -0.15) is 0 Å². The third-order valence-corrected chi connectivity index (χ3v) is 6.50. The number of nitrogens with zero attached hydrogens (tertiary/aromatic N) is 1. The van der Waals surface area contributed by atoms with E-state index in [0.29, 0.717) is 5.69 Å². The van der Waals surface area contributed by atoms with Crippen LogP contribution >= 0.6 is 27.3 Å². The number of amides is 1. The maximum atomic E-state index is 12.0. The Hall–Kier alpha value is -1.98. The van der Waals surface area contributed by atoms with Gasteiger partial charge in [-0.25, -0.2) is 8.42 Å². The summed E-state index contributed by atoms with van der Waals surface area (Å²) in [5, 5.41) is 16.4. The van der Waals surface area contributed by atoms with Crippen LogP contribution in [0.25, 0.3) is 0 Å². The van der Waals surface area contributed by atoms with Gasteiger partial charge in [0.25, 0.3) is 0 Å². The number of carbonyl (C=O) groups excluding carboxylic acids is 1. The van der Waals surface area contributed by atoms with Crippen LogP contribution < -0.4 is 10.6 Å². The molecule has 8 nitrogen and oxygen atoms in total. The Kier molecular flexibility index (Phi) is 5.80. The molecule has 1 aromatic heterocycles. The van der Waals surface area contributed by atoms with Crippen molar-refractivity contribution in [2.45, 2.75) is 11.1 Å². The fraction of sp³-hybridized carbons (Fsp3) is 0.214. The molecule has 0 bridgehead atoms. The molecule has 134 valence electrons. The van der Waals surface area contributed by atoms with Crippen molar-refractivity contribution < 1.29 is 18.1 Å². The molecule has 1 heterocycles. The second kappa shape index (κ2) is 7.50. The average Bonchev–Trinajstić information content (AvgIpc) is 2.92. The first-order chi connectivity index (χ1) is 11.6. The smallest absolute Gasteiger partial charge is 0.304 e. The van der Waals surface area contributed by atoms with Crippen LogP contribution in [0.4, 0.5) is 16.4 Å². The maximum Gasteiger partial charge on any atom is 0.304 e. The summed E-state index contributed by atoms with van der Waals surface area (Å²) in [7, 11) is -3.57. The zero-order valence-electron chi connectivity index (χ0n) is 13.2. The van der Waals surface area contributed by atoms with Crippen molar-refractivity contribution in [3.8, 4) is 0 Å². The van der Waals surface area contributed by atoms with Gasteiger partial charge >= 0.3 is 5.69 Å². The summed E-state index contributed by atoms with van der Waals surface area (Å²) < 4.78 is 23.8. The van der Waals surface area contributed by atoms with Crippen LogP contribution in [-0.2, 0) is 14.6 Å². The first-order valence-corrected chi connectivity index (χ1v) is 10.4. The molecule has 2 aromatic rings. The molecule has 0 aliphatic heterocycles. The third-order valence-electron chi connectivity index (χ3n) is 3.12. The average molecular weight is 448 g/mol. The molecular weight excluding hydrogens is 434 g/mol. The van der Waals surface area contributed by atoms with E-state index in [1.807, 2.05) is 13.0 Å². The van der Waals surface area contributed by atoms with Crippen molar-refractivity contribution in [1.82, 2.24) is 0 Å². The number of halogens is 1. The van der Waals surface area contributed by atoms with Gasteiger partial charge in [0.15, 0.2) is 14.8 Å². The van der Waals surface area contributed by atoms with Crippen LogP contribution in [0, 0.1) is 17.0 Å². The Morgan fingerprint density at radius 3 is 2.60 bits per heavy atom. The van der Waals surface area contributed by atoms with E-state index < -0.39 is 20.7 Å². The number of anilines is 2. The Balaban J connectivity index is 2.11. The van der Waals surface area contributed by atoms with Crippen molar-refractivity contribution in [3.63, 3.8) is 0 Å². The van der Waals surface area contributed by atoms with Gasteiger partial charge in [0.2, 0.25) is 5.91 Å². The van der Waals surface area contributed by atoms with Crippen LogP contribution in [0.15, 0.2) is 32.9 Å². The van der Waals surface area contributed by atoms with E-state index in [9.17, 15) is 23.3 Å². The van der Waals surface area contributed by atoms with E-state index >= 15 is 0 Å². The van der Waals surface area contributed by atoms with Crippen LogP contribution in [0.1, 0.15) is 5.56 Å². The molecule has 0 fully saturated rings. The number of thiophene rings is 1. The molecule has 25 heavy (non-hydrogen) atoms. The summed E-state index contributed by atoms with van der Waals surface area (Å²) in [5.74, 6) is -0.408. The number of sulfone groups is 1. The monoisotopic (exact) mass is 447 g/mol. The van der Waals surface area contributed by atoms with Gasteiger partial charge in [-0.15, -0.1) is 0 Å². The van der Waals surface area contributed by atoms with Crippen molar-refractivity contribution in [1.29, 1.82) is 0 Å². The summed E-state index contributed by atoms with van der Waals surface area (Å²) in [6, 6.07) is 6.33. The standard InChI is InChI=1S/C14H14BrN3O5S2/c1-8-5-9(15)3-4-10(8)17-12(19)7-16-14-11(18(20)21)6-13(24-14)25(2,22)23/h3-6,16H,7H2,1-2H3,(H,17,19).